The molecule has 0 aromatic carbocycles. The van der Waals surface area contributed by atoms with Crippen molar-refractivity contribution in [2.24, 2.45) is 0 Å². The van der Waals surface area contributed by atoms with E-state index in [0.717, 1.165) is 6.54 Å². The number of amides is 1. The molecule has 1 aliphatic rings. The summed E-state index contributed by atoms with van der Waals surface area (Å²) in [4.78, 5) is 22.5. The quantitative estimate of drug-likeness (QED) is 0.482. The Hall–Kier alpha value is -0.860. The lowest BCUT2D eigenvalue weighted by molar-refractivity contribution is -0.142. The monoisotopic (exact) mass is 127 g/mol. The molecule has 0 aromatic heterocycles. The van der Waals surface area contributed by atoms with E-state index >= 15 is 0 Å². The Balaban J connectivity index is 2.29. The van der Waals surface area contributed by atoms with E-state index in [1.807, 2.05) is 0 Å². The summed E-state index contributed by atoms with van der Waals surface area (Å²) in [5.41, 5.74) is 0. The van der Waals surface area contributed by atoms with Crippen LogP contribution < -0.4 is 0 Å². The molecule has 0 saturated carbocycles. The molecular weight excluding hydrogens is 118 g/mol. The molecule has 0 N–H and O–H groups in total. The van der Waals surface area contributed by atoms with Crippen LogP contribution in [0.2, 0.25) is 0 Å². The van der Waals surface area contributed by atoms with E-state index < -0.39 is 0 Å². The maximum atomic E-state index is 10.5. The lowest BCUT2D eigenvalue weighted by Crippen LogP contribution is -2.45. The van der Waals surface area contributed by atoms with Gasteiger partial charge in [-0.1, -0.05) is 0 Å². The van der Waals surface area contributed by atoms with Crippen LogP contribution >= 0.6 is 0 Å². The predicted octanol–water partition coefficient (Wildman–Crippen LogP) is -0.192. The highest BCUT2D eigenvalue weighted by molar-refractivity contribution is 5.87. The smallest absolute Gasteiger partial charge is 0.224 e. The van der Waals surface area contributed by atoms with Crippen LogP contribution in [0, 0.1) is 0 Å². The number of carbonyl (C=O) groups excluding carboxylic acids is 2. The molecule has 0 spiro atoms. The SMILES string of the molecule is CC(=O)CN1CCC1=O. The molecule has 3 heteroatoms. The second-order valence-corrected chi connectivity index (χ2v) is 2.27. The van der Waals surface area contributed by atoms with Crippen molar-refractivity contribution < 1.29 is 9.59 Å². The number of Topliss-reactive ketones (excluding diaryl/α,β-unsaturated/α-hetero) is 1. The molecule has 0 radical (unpaired) electrons. The van der Waals surface area contributed by atoms with E-state index in [1.165, 1.54) is 6.92 Å². The number of likely N-dealkylation sites (tertiary alicyclic amines) is 1. The van der Waals surface area contributed by atoms with Gasteiger partial charge in [-0.05, 0) is 6.92 Å². The summed E-state index contributed by atoms with van der Waals surface area (Å²) in [5.74, 6) is 0.160. The van der Waals surface area contributed by atoms with Crippen molar-refractivity contribution in [1.29, 1.82) is 0 Å². The van der Waals surface area contributed by atoms with Crippen molar-refractivity contribution in [3.63, 3.8) is 0 Å². The number of rotatable bonds is 2. The summed E-state index contributed by atoms with van der Waals surface area (Å²) in [6.45, 7) is 2.56. The number of hydrogen-bond donors (Lipinski definition) is 0. The first-order valence-corrected chi connectivity index (χ1v) is 2.97. The lowest BCUT2D eigenvalue weighted by Gasteiger charge is -2.29. The molecule has 0 aliphatic carbocycles. The van der Waals surface area contributed by atoms with Gasteiger partial charge in [0.05, 0.1) is 6.54 Å². The zero-order valence-corrected chi connectivity index (χ0v) is 5.39. The third-order valence-electron chi connectivity index (χ3n) is 1.36. The first kappa shape index (κ1) is 6.26. The summed E-state index contributed by atoms with van der Waals surface area (Å²) >= 11 is 0. The average Bonchev–Trinajstić information content (AvgIpc) is 1.79. The summed E-state index contributed by atoms with van der Waals surface area (Å²) in [6.07, 6.45) is 0.618. The van der Waals surface area contributed by atoms with Gasteiger partial charge in [0.25, 0.3) is 0 Å². The van der Waals surface area contributed by atoms with Crippen molar-refractivity contribution in [2.75, 3.05) is 13.1 Å². The highest BCUT2D eigenvalue weighted by Crippen LogP contribution is 2.06. The number of carbonyl (C=O) groups is 2. The molecule has 3 nitrogen and oxygen atoms in total. The van der Waals surface area contributed by atoms with Crippen LogP contribution in [0.15, 0.2) is 0 Å². The van der Waals surface area contributed by atoms with Gasteiger partial charge in [-0.3, -0.25) is 9.59 Å². The Morgan fingerprint density at radius 1 is 1.78 bits per heavy atom. The third-order valence-corrected chi connectivity index (χ3v) is 1.36. The van der Waals surface area contributed by atoms with Gasteiger partial charge in [0.15, 0.2) is 0 Å². The minimum absolute atomic E-state index is 0.0584. The molecule has 0 atom stereocenters. The number of ketones is 1. The van der Waals surface area contributed by atoms with E-state index in [0.29, 0.717) is 13.0 Å². The van der Waals surface area contributed by atoms with Crippen molar-refractivity contribution in [3.05, 3.63) is 0 Å². The largest absolute Gasteiger partial charge is 0.335 e. The van der Waals surface area contributed by atoms with Crippen LogP contribution in [0.3, 0.4) is 0 Å². The Kier molecular flexibility index (Phi) is 1.51. The van der Waals surface area contributed by atoms with E-state index in [9.17, 15) is 9.59 Å². The van der Waals surface area contributed by atoms with Crippen LogP contribution in [0.4, 0.5) is 0 Å². The van der Waals surface area contributed by atoms with E-state index in [2.05, 4.69) is 0 Å². The normalized spacial score (nSPS) is 17.4. The fourth-order valence-electron chi connectivity index (χ4n) is 0.797. The number of β-lactam (4-membered cyclic amide) rings is 1. The summed E-state index contributed by atoms with van der Waals surface area (Å²) in [7, 11) is 0. The van der Waals surface area contributed by atoms with Gasteiger partial charge in [-0.15, -0.1) is 0 Å². The van der Waals surface area contributed by atoms with Crippen LogP contribution in [0.5, 0.6) is 0 Å². The molecular formula is C6H9NO2. The van der Waals surface area contributed by atoms with E-state index in [1.54, 1.807) is 4.90 Å². The van der Waals surface area contributed by atoms with Gasteiger partial charge >= 0.3 is 0 Å². The maximum absolute atomic E-state index is 10.5. The number of nitrogens with zero attached hydrogens (tertiary/aromatic N) is 1. The van der Waals surface area contributed by atoms with Crippen molar-refractivity contribution in [1.82, 2.24) is 4.90 Å². The topological polar surface area (TPSA) is 37.4 Å². The Morgan fingerprint density at radius 3 is 2.56 bits per heavy atom. The summed E-state index contributed by atoms with van der Waals surface area (Å²) in [6, 6.07) is 0. The molecule has 0 aromatic rings. The highest BCUT2D eigenvalue weighted by atomic mass is 16.2. The minimum Gasteiger partial charge on any atom is -0.335 e. The Morgan fingerprint density at radius 2 is 2.44 bits per heavy atom. The van der Waals surface area contributed by atoms with Crippen LogP contribution in [-0.2, 0) is 9.59 Å². The third kappa shape index (κ3) is 1.28. The molecule has 1 rings (SSSR count). The highest BCUT2D eigenvalue weighted by Gasteiger charge is 2.23. The van der Waals surface area contributed by atoms with Crippen molar-refractivity contribution >= 4 is 11.7 Å². The van der Waals surface area contributed by atoms with Gasteiger partial charge in [0.1, 0.15) is 5.78 Å². The van der Waals surface area contributed by atoms with Gasteiger partial charge in [0, 0.05) is 13.0 Å². The summed E-state index contributed by atoms with van der Waals surface area (Å²) < 4.78 is 0. The standard InChI is InChI=1S/C6H9NO2/c1-5(8)4-7-3-2-6(7)9/h2-4H2,1H3. The molecule has 50 valence electrons. The van der Waals surface area contributed by atoms with Gasteiger partial charge in [-0.2, -0.15) is 0 Å². The summed E-state index contributed by atoms with van der Waals surface area (Å²) in [5, 5.41) is 0. The molecule has 9 heavy (non-hydrogen) atoms. The molecule has 1 heterocycles. The fourth-order valence-corrected chi connectivity index (χ4v) is 0.797. The second kappa shape index (κ2) is 2.17. The minimum atomic E-state index is 0.0584. The maximum Gasteiger partial charge on any atom is 0.224 e. The van der Waals surface area contributed by atoms with Gasteiger partial charge in [-0.25, -0.2) is 0 Å². The molecule has 1 saturated heterocycles. The predicted molar refractivity (Wildman–Crippen MR) is 31.9 cm³/mol. The van der Waals surface area contributed by atoms with E-state index in [-0.39, 0.29) is 11.7 Å². The first-order valence-electron chi connectivity index (χ1n) is 2.97. The zero-order chi connectivity index (χ0) is 6.85. The Bertz CT molecular complexity index is 153. The lowest BCUT2D eigenvalue weighted by atomic mass is 10.2. The average molecular weight is 127 g/mol. The van der Waals surface area contributed by atoms with Crippen molar-refractivity contribution in [3.8, 4) is 0 Å². The van der Waals surface area contributed by atoms with Crippen molar-refractivity contribution in [2.45, 2.75) is 13.3 Å². The molecule has 0 unspecified atom stereocenters. The Labute approximate surface area is 53.6 Å². The zero-order valence-electron chi connectivity index (χ0n) is 5.39. The second-order valence-electron chi connectivity index (χ2n) is 2.27. The fraction of sp³-hybridized carbons (Fsp3) is 0.667. The van der Waals surface area contributed by atoms with Gasteiger partial charge < -0.3 is 4.90 Å². The van der Waals surface area contributed by atoms with Crippen LogP contribution in [0.25, 0.3) is 0 Å². The van der Waals surface area contributed by atoms with Crippen LogP contribution in [0.1, 0.15) is 13.3 Å². The molecule has 1 fully saturated rings. The van der Waals surface area contributed by atoms with Gasteiger partial charge in [0.2, 0.25) is 5.91 Å². The van der Waals surface area contributed by atoms with Crippen LogP contribution in [-0.4, -0.2) is 29.7 Å². The molecule has 0 bridgehead atoms. The molecule has 1 aliphatic heterocycles. The van der Waals surface area contributed by atoms with E-state index in [4.69, 9.17) is 0 Å². The first-order chi connectivity index (χ1) is 4.20. The number of hydrogen-bond acceptors (Lipinski definition) is 2. The molecule has 1 amide bonds.